The van der Waals surface area contributed by atoms with Crippen LogP contribution in [-0.4, -0.2) is 40.0 Å². The van der Waals surface area contributed by atoms with Gasteiger partial charge >= 0.3 is 5.97 Å². The van der Waals surface area contributed by atoms with Crippen LogP contribution in [0.3, 0.4) is 0 Å². The van der Waals surface area contributed by atoms with Gasteiger partial charge in [-0.1, -0.05) is 12.1 Å². The van der Waals surface area contributed by atoms with Crippen LogP contribution in [0, 0.1) is 0 Å². The summed E-state index contributed by atoms with van der Waals surface area (Å²) in [5.74, 6) is -2.02. The number of ketones is 2. The Hall–Kier alpha value is -2.47. The molecule has 0 saturated carbocycles. The second kappa shape index (κ2) is 5.06. The summed E-state index contributed by atoms with van der Waals surface area (Å²) in [6.45, 7) is 1.61. The van der Waals surface area contributed by atoms with E-state index in [0.717, 1.165) is 0 Å². The number of benzene rings is 1. The molecule has 1 aliphatic heterocycles. The van der Waals surface area contributed by atoms with E-state index in [1.165, 1.54) is 18.2 Å². The summed E-state index contributed by atoms with van der Waals surface area (Å²) in [5, 5.41) is 18.8. The predicted octanol–water partition coefficient (Wildman–Crippen LogP) is 1.72. The molecule has 0 radical (unpaired) electrons. The minimum atomic E-state index is -1.02. The van der Waals surface area contributed by atoms with E-state index >= 15 is 0 Å². The van der Waals surface area contributed by atoms with E-state index in [1.807, 2.05) is 0 Å². The average Bonchev–Trinajstić information content (AvgIpc) is 2.43. The summed E-state index contributed by atoms with van der Waals surface area (Å²) < 4.78 is 5.55. The molecule has 0 saturated heterocycles. The highest BCUT2D eigenvalue weighted by Crippen LogP contribution is 2.39. The lowest BCUT2D eigenvalue weighted by Gasteiger charge is -2.33. The summed E-state index contributed by atoms with van der Waals surface area (Å²) in [4.78, 5) is 36.0. The molecule has 0 spiro atoms. The van der Waals surface area contributed by atoms with Crippen molar-refractivity contribution in [3.8, 4) is 5.75 Å². The van der Waals surface area contributed by atoms with Gasteiger partial charge in [-0.25, -0.2) is 0 Å². The molecule has 0 amide bonds. The topological polar surface area (TPSA) is 101 Å². The number of Topliss-reactive ketones (excluding diaryl/α,β-unsaturated/α-hetero) is 2. The van der Waals surface area contributed by atoms with Gasteiger partial charge in [0.25, 0.3) is 0 Å². The average molecular weight is 302 g/mol. The molecule has 114 valence electrons. The number of hydrogen-bond donors (Lipinski definition) is 2. The van der Waals surface area contributed by atoms with Gasteiger partial charge in [0.1, 0.15) is 5.75 Å². The number of carbonyl (C=O) groups is 3. The third kappa shape index (κ3) is 2.12. The number of aromatic hydroxyl groups is 1. The van der Waals surface area contributed by atoms with Gasteiger partial charge in [0.2, 0.25) is 0 Å². The van der Waals surface area contributed by atoms with Crippen LogP contribution in [0.5, 0.6) is 5.75 Å². The van der Waals surface area contributed by atoms with Gasteiger partial charge in [-0.15, -0.1) is 0 Å². The highest BCUT2D eigenvalue weighted by atomic mass is 16.5. The quantitative estimate of drug-likeness (QED) is 0.862. The van der Waals surface area contributed by atoms with Crippen molar-refractivity contribution in [2.75, 3.05) is 0 Å². The number of rotatable bonds is 2. The Bertz CT molecular complexity index is 730. The highest BCUT2D eigenvalue weighted by molar-refractivity contribution is 6.28. The molecule has 2 atom stereocenters. The largest absolute Gasteiger partial charge is 0.507 e. The van der Waals surface area contributed by atoms with Gasteiger partial charge in [0.05, 0.1) is 24.2 Å². The van der Waals surface area contributed by atoms with Crippen molar-refractivity contribution in [3.05, 3.63) is 40.5 Å². The zero-order valence-electron chi connectivity index (χ0n) is 11.8. The molecule has 1 aliphatic carbocycles. The fourth-order valence-electron chi connectivity index (χ4n) is 3.10. The lowest BCUT2D eigenvalue weighted by Crippen LogP contribution is -2.38. The van der Waals surface area contributed by atoms with E-state index in [1.54, 1.807) is 6.92 Å². The molecule has 6 nitrogen and oxygen atoms in total. The number of carbonyl (C=O) groups excluding carboxylic acids is 2. The number of phenolic OH excluding ortho intramolecular Hbond substituents is 1. The molecule has 6 heteroatoms. The minimum absolute atomic E-state index is 0.00150. The Balaban J connectivity index is 2.08. The van der Waals surface area contributed by atoms with Crippen LogP contribution in [0.15, 0.2) is 29.3 Å². The number of carboxylic acids is 1. The van der Waals surface area contributed by atoms with E-state index in [9.17, 15) is 19.5 Å². The fourth-order valence-corrected chi connectivity index (χ4v) is 3.10. The maximum Gasteiger partial charge on any atom is 0.305 e. The molecule has 3 rings (SSSR count). The van der Waals surface area contributed by atoms with Crippen LogP contribution in [-0.2, 0) is 9.53 Å². The second-order valence-electron chi connectivity index (χ2n) is 5.45. The third-order valence-electron chi connectivity index (χ3n) is 4.00. The van der Waals surface area contributed by atoms with Crippen LogP contribution in [0.1, 0.15) is 40.5 Å². The molecule has 0 unspecified atom stereocenters. The number of fused-ring (bicyclic) bond motifs is 1. The zero-order chi connectivity index (χ0) is 16.0. The molecular formula is C16H14O6. The van der Waals surface area contributed by atoms with Crippen LogP contribution in [0.2, 0.25) is 0 Å². The molecule has 2 aliphatic rings. The Kier molecular flexibility index (Phi) is 3.33. The minimum Gasteiger partial charge on any atom is -0.507 e. The molecular weight excluding hydrogens is 288 g/mol. The first-order chi connectivity index (χ1) is 10.4. The van der Waals surface area contributed by atoms with E-state index < -0.39 is 24.0 Å². The van der Waals surface area contributed by atoms with E-state index in [0.29, 0.717) is 5.57 Å². The van der Waals surface area contributed by atoms with Crippen molar-refractivity contribution in [1.82, 2.24) is 0 Å². The normalized spacial score (nSPS) is 24.0. The van der Waals surface area contributed by atoms with Crippen LogP contribution in [0.4, 0.5) is 0 Å². The Morgan fingerprint density at radius 1 is 1.32 bits per heavy atom. The van der Waals surface area contributed by atoms with Crippen LogP contribution in [0.25, 0.3) is 0 Å². The van der Waals surface area contributed by atoms with Gasteiger partial charge in [0, 0.05) is 23.1 Å². The van der Waals surface area contributed by atoms with Crippen molar-refractivity contribution in [3.63, 3.8) is 0 Å². The highest BCUT2D eigenvalue weighted by Gasteiger charge is 2.41. The molecule has 1 aromatic rings. The SMILES string of the molecule is C[C@H]1O[C@H](CC(=O)O)CC2=C1C(=O)c1c(O)cccc1C2=O. The Labute approximate surface area is 126 Å². The van der Waals surface area contributed by atoms with Crippen molar-refractivity contribution in [2.45, 2.75) is 32.0 Å². The van der Waals surface area contributed by atoms with Crippen molar-refractivity contribution in [2.24, 2.45) is 0 Å². The number of ether oxygens (including phenoxy) is 1. The Morgan fingerprint density at radius 2 is 2.05 bits per heavy atom. The first kappa shape index (κ1) is 14.5. The smallest absolute Gasteiger partial charge is 0.305 e. The maximum absolute atomic E-state index is 12.6. The molecule has 1 heterocycles. The summed E-state index contributed by atoms with van der Waals surface area (Å²) >= 11 is 0. The lowest BCUT2D eigenvalue weighted by molar-refractivity contribution is -0.141. The summed E-state index contributed by atoms with van der Waals surface area (Å²) in [5.41, 5.74) is 0.680. The zero-order valence-corrected chi connectivity index (χ0v) is 11.8. The molecule has 2 N–H and O–H groups in total. The fraction of sp³-hybridized carbons (Fsp3) is 0.312. The second-order valence-corrected chi connectivity index (χ2v) is 5.45. The van der Waals surface area contributed by atoms with Crippen LogP contribution < -0.4 is 0 Å². The maximum atomic E-state index is 12.6. The molecule has 0 fully saturated rings. The molecule has 0 aromatic heterocycles. The number of carboxylic acid groups (broad SMARTS) is 1. The number of phenols is 1. The lowest BCUT2D eigenvalue weighted by atomic mass is 9.78. The van der Waals surface area contributed by atoms with E-state index in [-0.39, 0.29) is 41.1 Å². The first-order valence-electron chi connectivity index (χ1n) is 6.91. The third-order valence-corrected chi connectivity index (χ3v) is 4.00. The van der Waals surface area contributed by atoms with Crippen molar-refractivity contribution < 1.29 is 29.3 Å². The predicted molar refractivity (Wildman–Crippen MR) is 75.0 cm³/mol. The van der Waals surface area contributed by atoms with E-state index in [2.05, 4.69) is 0 Å². The number of aliphatic carboxylic acids is 1. The first-order valence-corrected chi connectivity index (χ1v) is 6.91. The molecule has 0 bridgehead atoms. The summed E-state index contributed by atoms with van der Waals surface area (Å²) in [6, 6.07) is 4.35. The van der Waals surface area contributed by atoms with Gasteiger partial charge in [-0.3, -0.25) is 14.4 Å². The molecule has 22 heavy (non-hydrogen) atoms. The summed E-state index contributed by atoms with van der Waals surface area (Å²) in [7, 11) is 0. The standard InChI is InChI=1S/C16H14O6/c1-7-13-10(5-8(22-7)6-12(18)19)15(20)9-3-2-4-11(17)14(9)16(13)21/h2-4,7-8,17H,5-6H2,1H3,(H,18,19)/t7-,8+/m1/s1. The van der Waals surface area contributed by atoms with Gasteiger partial charge in [-0.05, 0) is 13.0 Å². The molecule has 1 aromatic carbocycles. The Morgan fingerprint density at radius 3 is 2.73 bits per heavy atom. The summed E-state index contributed by atoms with van der Waals surface area (Å²) in [6.07, 6.45) is -1.46. The van der Waals surface area contributed by atoms with Crippen molar-refractivity contribution >= 4 is 17.5 Å². The van der Waals surface area contributed by atoms with Gasteiger partial charge in [0.15, 0.2) is 11.6 Å². The van der Waals surface area contributed by atoms with E-state index in [4.69, 9.17) is 9.84 Å². The number of hydrogen-bond acceptors (Lipinski definition) is 5. The van der Waals surface area contributed by atoms with Gasteiger partial charge in [-0.2, -0.15) is 0 Å². The van der Waals surface area contributed by atoms with Gasteiger partial charge < -0.3 is 14.9 Å². The van der Waals surface area contributed by atoms with Crippen LogP contribution >= 0.6 is 0 Å². The monoisotopic (exact) mass is 302 g/mol. The van der Waals surface area contributed by atoms with Crippen molar-refractivity contribution in [1.29, 1.82) is 0 Å².